The van der Waals surface area contributed by atoms with Crippen LogP contribution in [0.2, 0.25) is 0 Å². The summed E-state index contributed by atoms with van der Waals surface area (Å²) >= 11 is 0. The van der Waals surface area contributed by atoms with Crippen molar-refractivity contribution in [3.8, 4) is 0 Å². The van der Waals surface area contributed by atoms with E-state index in [0.717, 1.165) is 5.69 Å². The summed E-state index contributed by atoms with van der Waals surface area (Å²) < 4.78 is 0. The highest BCUT2D eigenvalue weighted by atomic mass is 15.4. The molecule has 0 saturated heterocycles. The molecule has 0 aliphatic carbocycles. The molecule has 0 amide bonds. The molecule has 0 radical (unpaired) electrons. The minimum atomic E-state index is 0.223. The lowest BCUT2D eigenvalue weighted by Gasteiger charge is -2.29. The fraction of sp³-hybridized carbons (Fsp3) is 0.267. The molecule has 1 N–H and O–H groups in total. The zero-order valence-corrected chi connectivity index (χ0v) is 10.9. The second kappa shape index (κ2) is 3.73. The molecule has 2 aromatic rings. The quantitative estimate of drug-likeness (QED) is 0.565. The van der Waals surface area contributed by atoms with Crippen LogP contribution in [0, 0.1) is 5.41 Å². The molecule has 0 aromatic heterocycles. The maximum atomic E-state index is 8.26. The number of anilines is 1. The first kappa shape index (κ1) is 11.1. The van der Waals surface area contributed by atoms with E-state index in [-0.39, 0.29) is 6.04 Å². The van der Waals surface area contributed by atoms with Gasteiger partial charge in [-0.25, -0.2) is 0 Å². The normalized spacial score (nSPS) is 17.3. The Morgan fingerprint density at radius 2 is 1.83 bits per heavy atom. The van der Waals surface area contributed by atoms with Crippen LogP contribution >= 0.6 is 0 Å². The Hall–Kier alpha value is -2.03. The van der Waals surface area contributed by atoms with Gasteiger partial charge in [-0.3, -0.25) is 5.41 Å². The van der Waals surface area contributed by atoms with E-state index in [2.05, 4.69) is 48.2 Å². The summed E-state index contributed by atoms with van der Waals surface area (Å²) in [5, 5.41) is 10.8. The average Bonchev–Trinajstić information content (AvgIpc) is 2.65. The lowest BCUT2D eigenvalue weighted by molar-refractivity contribution is 0.585. The first-order valence-corrected chi connectivity index (χ1v) is 6.18. The van der Waals surface area contributed by atoms with Gasteiger partial charge in [-0.15, -0.1) is 0 Å². The maximum absolute atomic E-state index is 8.26. The van der Waals surface area contributed by atoms with Crippen molar-refractivity contribution < 1.29 is 0 Å². The van der Waals surface area contributed by atoms with Crippen molar-refractivity contribution in [3.63, 3.8) is 0 Å². The molecule has 92 valence electrons. The van der Waals surface area contributed by atoms with Crippen LogP contribution in [-0.4, -0.2) is 25.0 Å². The molecule has 1 aliphatic rings. The number of benzene rings is 2. The van der Waals surface area contributed by atoms with Crippen molar-refractivity contribution in [1.82, 2.24) is 4.90 Å². The molecule has 0 saturated carbocycles. The Bertz CT molecular complexity index is 625. The van der Waals surface area contributed by atoms with Crippen LogP contribution in [0.4, 0.5) is 5.69 Å². The van der Waals surface area contributed by atoms with Crippen LogP contribution in [-0.2, 0) is 0 Å². The van der Waals surface area contributed by atoms with Crippen LogP contribution in [0.3, 0.4) is 0 Å². The third-order valence-corrected chi connectivity index (χ3v) is 3.66. The van der Waals surface area contributed by atoms with Crippen molar-refractivity contribution >= 4 is 22.4 Å². The number of hydrogen-bond donors (Lipinski definition) is 1. The Morgan fingerprint density at radius 3 is 2.50 bits per heavy atom. The van der Waals surface area contributed by atoms with E-state index >= 15 is 0 Å². The fourth-order valence-corrected chi connectivity index (χ4v) is 2.76. The van der Waals surface area contributed by atoms with Gasteiger partial charge >= 0.3 is 0 Å². The monoisotopic (exact) mass is 239 g/mol. The first-order valence-electron chi connectivity index (χ1n) is 6.18. The highest BCUT2D eigenvalue weighted by Crippen LogP contribution is 2.43. The molecule has 18 heavy (non-hydrogen) atoms. The molecular weight excluding hydrogens is 222 g/mol. The molecular formula is C15H17N3. The molecule has 1 unspecified atom stereocenters. The van der Waals surface area contributed by atoms with Gasteiger partial charge in [0.2, 0.25) is 0 Å². The van der Waals surface area contributed by atoms with Gasteiger partial charge in [0.15, 0.2) is 5.96 Å². The van der Waals surface area contributed by atoms with Gasteiger partial charge < -0.3 is 9.80 Å². The number of nitrogens with one attached hydrogen (secondary N) is 1. The second-order valence-corrected chi connectivity index (χ2v) is 4.99. The Kier molecular flexibility index (Phi) is 2.30. The van der Waals surface area contributed by atoms with E-state index in [1.54, 1.807) is 0 Å². The summed E-state index contributed by atoms with van der Waals surface area (Å²) in [6.45, 7) is 2.16. The number of hydrogen-bond acceptors (Lipinski definition) is 1. The summed E-state index contributed by atoms with van der Waals surface area (Å²) in [5.41, 5.74) is 2.46. The number of nitrogens with zero attached hydrogens (tertiary/aromatic N) is 2. The lowest BCUT2D eigenvalue weighted by Crippen LogP contribution is -2.39. The maximum Gasteiger partial charge on any atom is 0.198 e. The van der Waals surface area contributed by atoms with Gasteiger partial charge in [-0.1, -0.05) is 30.3 Å². The molecule has 0 bridgehead atoms. The first-order chi connectivity index (χ1) is 8.61. The third kappa shape index (κ3) is 1.33. The zero-order valence-electron chi connectivity index (χ0n) is 10.9. The molecule has 1 atom stereocenters. The van der Waals surface area contributed by atoms with Crippen LogP contribution in [0.15, 0.2) is 36.4 Å². The molecule has 1 heterocycles. The second-order valence-electron chi connectivity index (χ2n) is 4.99. The fourth-order valence-electron chi connectivity index (χ4n) is 2.76. The van der Waals surface area contributed by atoms with Crippen LogP contribution in [0.5, 0.6) is 0 Å². The number of rotatable bonds is 0. The topological polar surface area (TPSA) is 30.3 Å². The van der Waals surface area contributed by atoms with E-state index < -0.39 is 0 Å². The average molecular weight is 239 g/mol. The molecule has 2 aromatic carbocycles. The summed E-state index contributed by atoms with van der Waals surface area (Å²) in [5.74, 6) is 0.534. The largest absolute Gasteiger partial charge is 0.349 e. The van der Waals surface area contributed by atoms with Crippen molar-refractivity contribution in [3.05, 3.63) is 42.0 Å². The smallest absolute Gasteiger partial charge is 0.198 e. The SMILES string of the molecule is CC1c2cccc3cccc(c23)N1C(=N)N(C)C. The highest BCUT2D eigenvalue weighted by Gasteiger charge is 2.31. The van der Waals surface area contributed by atoms with Crippen LogP contribution in [0.1, 0.15) is 18.5 Å². The molecule has 1 aliphatic heterocycles. The van der Waals surface area contributed by atoms with Gasteiger partial charge in [0.1, 0.15) is 0 Å². The summed E-state index contributed by atoms with van der Waals surface area (Å²) in [6.07, 6.45) is 0. The molecule has 0 fully saturated rings. The third-order valence-electron chi connectivity index (χ3n) is 3.66. The molecule has 0 spiro atoms. The zero-order chi connectivity index (χ0) is 12.9. The van der Waals surface area contributed by atoms with Gasteiger partial charge in [-0.2, -0.15) is 0 Å². The van der Waals surface area contributed by atoms with Gasteiger partial charge in [0.25, 0.3) is 0 Å². The number of guanidine groups is 1. The summed E-state index contributed by atoms with van der Waals surface area (Å²) in [6, 6.07) is 12.9. The predicted octanol–water partition coefficient (Wildman–Crippen LogP) is 3.22. The van der Waals surface area contributed by atoms with Gasteiger partial charge in [0.05, 0.1) is 11.7 Å². The Balaban J connectivity index is 2.25. The Morgan fingerprint density at radius 1 is 1.17 bits per heavy atom. The van der Waals surface area contributed by atoms with Gasteiger partial charge in [0, 0.05) is 19.5 Å². The van der Waals surface area contributed by atoms with Gasteiger partial charge in [-0.05, 0) is 23.9 Å². The van der Waals surface area contributed by atoms with E-state index in [4.69, 9.17) is 5.41 Å². The van der Waals surface area contributed by atoms with E-state index in [1.807, 2.05) is 19.0 Å². The van der Waals surface area contributed by atoms with E-state index in [0.29, 0.717) is 5.96 Å². The lowest BCUT2D eigenvalue weighted by atomic mass is 10.0. The van der Waals surface area contributed by atoms with Crippen molar-refractivity contribution in [2.45, 2.75) is 13.0 Å². The highest BCUT2D eigenvalue weighted by molar-refractivity contribution is 6.09. The summed E-state index contributed by atoms with van der Waals surface area (Å²) in [4.78, 5) is 3.94. The molecule has 3 nitrogen and oxygen atoms in total. The van der Waals surface area contributed by atoms with Crippen molar-refractivity contribution in [1.29, 1.82) is 5.41 Å². The van der Waals surface area contributed by atoms with Crippen molar-refractivity contribution in [2.24, 2.45) is 0 Å². The minimum Gasteiger partial charge on any atom is -0.349 e. The van der Waals surface area contributed by atoms with Crippen LogP contribution in [0.25, 0.3) is 10.8 Å². The van der Waals surface area contributed by atoms with E-state index in [1.165, 1.54) is 16.3 Å². The van der Waals surface area contributed by atoms with Crippen molar-refractivity contribution in [2.75, 3.05) is 19.0 Å². The summed E-state index contributed by atoms with van der Waals surface area (Å²) in [7, 11) is 3.83. The molecule has 3 heteroatoms. The standard InChI is InChI=1S/C15H17N3/c1-10-12-8-4-6-11-7-5-9-13(14(11)12)18(10)15(16)17(2)3/h4-10,16H,1-3H3. The Labute approximate surface area is 107 Å². The van der Waals surface area contributed by atoms with Crippen LogP contribution < -0.4 is 4.90 Å². The van der Waals surface area contributed by atoms with E-state index in [9.17, 15) is 0 Å². The predicted molar refractivity (Wildman–Crippen MR) is 76.3 cm³/mol. The minimum absolute atomic E-state index is 0.223. The molecule has 3 rings (SSSR count).